The Labute approximate surface area is 104 Å². The average molecular weight is 230 g/mol. The van der Waals surface area contributed by atoms with Crippen molar-refractivity contribution in [2.45, 2.75) is 25.4 Å². The van der Waals surface area contributed by atoms with Crippen molar-refractivity contribution in [1.29, 1.82) is 0 Å². The lowest BCUT2D eigenvalue weighted by atomic mass is 10.1. The van der Waals surface area contributed by atoms with Gasteiger partial charge in [0.15, 0.2) is 0 Å². The van der Waals surface area contributed by atoms with Crippen LogP contribution < -0.4 is 5.32 Å². The third kappa shape index (κ3) is 3.18. The summed E-state index contributed by atoms with van der Waals surface area (Å²) in [5.41, 5.74) is 2.58. The van der Waals surface area contributed by atoms with E-state index < -0.39 is 0 Å². The molecule has 1 N–H and O–H groups in total. The number of likely N-dealkylation sites (N-methyl/N-ethyl adjacent to an activating group) is 1. The molecule has 0 saturated carbocycles. The summed E-state index contributed by atoms with van der Waals surface area (Å²) in [7, 11) is 2.06. The molecule has 2 heteroatoms. The zero-order valence-electron chi connectivity index (χ0n) is 10.7. The molecular weight excluding hydrogens is 208 g/mol. The molecule has 1 atom stereocenters. The number of hydrogen-bond acceptors (Lipinski definition) is 2. The maximum atomic E-state index is 3.78. The zero-order chi connectivity index (χ0) is 12.1. The number of benzene rings is 1. The molecule has 1 heterocycles. The quantitative estimate of drug-likeness (QED) is 0.836. The summed E-state index contributed by atoms with van der Waals surface area (Å²) in [6.45, 7) is 6.24. The Bertz CT molecular complexity index is 350. The number of nitrogens with zero attached hydrogens (tertiary/aromatic N) is 1. The zero-order valence-corrected chi connectivity index (χ0v) is 10.7. The molecule has 1 aliphatic heterocycles. The molecule has 2 nitrogen and oxygen atoms in total. The summed E-state index contributed by atoms with van der Waals surface area (Å²) >= 11 is 0. The van der Waals surface area contributed by atoms with Crippen molar-refractivity contribution in [3.05, 3.63) is 42.0 Å². The van der Waals surface area contributed by atoms with Crippen LogP contribution in [0.5, 0.6) is 0 Å². The first-order chi connectivity index (χ1) is 8.33. The van der Waals surface area contributed by atoms with E-state index in [0.29, 0.717) is 6.17 Å². The Morgan fingerprint density at radius 3 is 2.47 bits per heavy atom. The Kier molecular flexibility index (Phi) is 4.35. The minimum Gasteiger partial charge on any atom is -0.305 e. The van der Waals surface area contributed by atoms with Crippen LogP contribution in [-0.2, 0) is 6.42 Å². The van der Waals surface area contributed by atoms with Crippen LogP contribution in [0.15, 0.2) is 30.8 Å². The van der Waals surface area contributed by atoms with Gasteiger partial charge in [0.2, 0.25) is 0 Å². The van der Waals surface area contributed by atoms with E-state index in [1.165, 1.54) is 37.1 Å². The van der Waals surface area contributed by atoms with Crippen LogP contribution in [-0.4, -0.2) is 31.2 Å². The van der Waals surface area contributed by atoms with Gasteiger partial charge in [0.25, 0.3) is 0 Å². The summed E-state index contributed by atoms with van der Waals surface area (Å²) in [6, 6.07) is 8.69. The molecule has 0 spiro atoms. The minimum atomic E-state index is 0.479. The van der Waals surface area contributed by atoms with Crippen LogP contribution in [0.1, 0.15) is 24.0 Å². The van der Waals surface area contributed by atoms with Crippen LogP contribution in [0.4, 0.5) is 0 Å². The van der Waals surface area contributed by atoms with E-state index in [0.717, 1.165) is 6.42 Å². The van der Waals surface area contributed by atoms with Gasteiger partial charge < -0.3 is 5.32 Å². The van der Waals surface area contributed by atoms with Crippen molar-refractivity contribution in [3.63, 3.8) is 0 Å². The molecule has 0 aliphatic carbocycles. The van der Waals surface area contributed by atoms with Crippen molar-refractivity contribution in [2.24, 2.45) is 0 Å². The lowest BCUT2D eigenvalue weighted by Crippen LogP contribution is -2.43. The van der Waals surface area contributed by atoms with Gasteiger partial charge in [-0.15, -0.1) is 0 Å². The highest BCUT2D eigenvalue weighted by Gasteiger charge is 2.20. The second kappa shape index (κ2) is 5.99. The minimum absolute atomic E-state index is 0.479. The Morgan fingerprint density at radius 2 is 1.94 bits per heavy atom. The van der Waals surface area contributed by atoms with E-state index >= 15 is 0 Å². The van der Waals surface area contributed by atoms with Crippen molar-refractivity contribution in [3.8, 4) is 0 Å². The summed E-state index contributed by atoms with van der Waals surface area (Å²) in [6.07, 6.45) is 6.13. The average Bonchev–Trinajstić information content (AvgIpc) is 2.90. The number of rotatable bonds is 5. The first-order valence-electron chi connectivity index (χ1n) is 6.46. The van der Waals surface area contributed by atoms with Crippen LogP contribution >= 0.6 is 0 Å². The van der Waals surface area contributed by atoms with E-state index in [2.05, 4.69) is 48.1 Å². The van der Waals surface area contributed by atoms with Gasteiger partial charge in [0, 0.05) is 6.42 Å². The Hall–Kier alpha value is -1.12. The molecule has 1 unspecified atom stereocenters. The number of nitrogens with one attached hydrogen (secondary N) is 1. The van der Waals surface area contributed by atoms with E-state index in [4.69, 9.17) is 0 Å². The van der Waals surface area contributed by atoms with Gasteiger partial charge in [-0.3, -0.25) is 4.90 Å². The highest BCUT2D eigenvalue weighted by Crippen LogP contribution is 2.14. The lowest BCUT2D eigenvalue weighted by Gasteiger charge is -2.27. The fourth-order valence-corrected chi connectivity index (χ4v) is 2.48. The van der Waals surface area contributed by atoms with Crippen molar-refractivity contribution >= 4 is 6.08 Å². The second-order valence-corrected chi connectivity index (χ2v) is 4.70. The van der Waals surface area contributed by atoms with E-state index in [1.54, 1.807) is 0 Å². The Balaban J connectivity index is 1.99. The van der Waals surface area contributed by atoms with Crippen LogP contribution in [0, 0.1) is 0 Å². The van der Waals surface area contributed by atoms with Gasteiger partial charge in [0.1, 0.15) is 0 Å². The summed E-state index contributed by atoms with van der Waals surface area (Å²) in [4.78, 5) is 2.54. The van der Waals surface area contributed by atoms with Crippen LogP contribution in [0.2, 0.25) is 0 Å². The monoisotopic (exact) mass is 230 g/mol. The standard InChI is InChI=1S/C15H22N2/c1-3-13-6-8-14(9-7-13)12-15(16-2)17-10-4-5-11-17/h3,6-9,15-16H,1,4-5,10-12H2,2H3. The van der Waals surface area contributed by atoms with E-state index in [-0.39, 0.29) is 0 Å². The normalized spacial score (nSPS) is 18.2. The van der Waals surface area contributed by atoms with E-state index in [9.17, 15) is 0 Å². The topological polar surface area (TPSA) is 15.3 Å². The molecule has 1 aliphatic rings. The van der Waals surface area contributed by atoms with Crippen LogP contribution in [0.3, 0.4) is 0 Å². The van der Waals surface area contributed by atoms with Gasteiger partial charge in [-0.1, -0.05) is 36.9 Å². The molecule has 0 bridgehead atoms. The maximum Gasteiger partial charge on any atom is 0.0636 e. The molecule has 0 aromatic heterocycles. The van der Waals surface area contributed by atoms with Gasteiger partial charge in [-0.05, 0) is 44.1 Å². The molecule has 1 aromatic rings. The highest BCUT2D eigenvalue weighted by atomic mass is 15.3. The molecule has 17 heavy (non-hydrogen) atoms. The third-order valence-electron chi connectivity index (χ3n) is 3.56. The first kappa shape index (κ1) is 12.3. The summed E-state index contributed by atoms with van der Waals surface area (Å²) < 4.78 is 0. The summed E-state index contributed by atoms with van der Waals surface area (Å²) in [5.74, 6) is 0. The second-order valence-electron chi connectivity index (χ2n) is 4.70. The molecule has 92 valence electrons. The molecule has 2 rings (SSSR count). The third-order valence-corrected chi connectivity index (χ3v) is 3.56. The molecule has 0 amide bonds. The Morgan fingerprint density at radius 1 is 1.29 bits per heavy atom. The van der Waals surface area contributed by atoms with Crippen molar-refractivity contribution in [1.82, 2.24) is 10.2 Å². The first-order valence-corrected chi connectivity index (χ1v) is 6.46. The molecule has 1 saturated heterocycles. The molecular formula is C15H22N2. The van der Waals surface area contributed by atoms with Gasteiger partial charge in [0.05, 0.1) is 6.17 Å². The predicted molar refractivity (Wildman–Crippen MR) is 73.9 cm³/mol. The maximum absolute atomic E-state index is 3.78. The summed E-state index contributed by atoms with van der Waals surface area (Å²) in [5, 5.41) is 3.43. The van der Waals surface area contributed by atoms with Gasteiger partial charge >= 0.3 is 0 Å². The predicted octanol–water partition coefficient (Wildman–Crippen LogP) is 2.51. The molecule has 0 radical (unpaired) electrons. The number of likely N-dealkylation sites (tertiary alicyclic amines) is 1. The van der Waals surface area contributed by atoms with Crippen LogP contribution in [0.25, 0.3) is 6.08 Å². The smallest absolute Gasteiger partial charge is 0.0636 e. The number of hydrogen-bond donors (Lipinski definition) is 1. The lowest BCUT2D eigenvalue weighted by molar-refractivity contribution is 0.212. The molecule has 1 fully saturated rings. The molecule has 1 aromatic carbocycles. The van der Waals surface area contributed by atoms with Gasteiger partial charge in [-0.25, -0.2) is 0 Å². The SMILES string of the molecule is C=Cc1ccc(CC(NC)N2CCCC2)cc1. The fourth-order valence-electron chi connectivity index (χ4n) is 2.48. The highest BCUT2D eigenvalue weighted by molar-refractivity contribution is 5.47. The van der Waals surface area contributed by atoms with E-state index in [1.807, 2.05) is 6.08 Å². The van der Waals surface area contributed by atoms with Gasteiger partial charge in [-0.2, -0.15) is 0 Å². The van der Waals surface area contributed by atoms with Crippen molar-refractivity contribution in [2.75, 3.05) is 20.1 Å². The van der Waals surface area contributed by atoms with Crippen molar-refractivity contribution < 1.29 is 0 Å². The fraction of sp³-hybridized carbons (Fsp3) is 0.467. The largest absolute Gasteiger partial charge is 0.305 e.